The van der Waals surface area contributed by atoms with E-state index in [0.29, 0.717) is 5.76 Å². The first-order valence-corrected chi connectivity index (χ1v) is 6.45. The molecule has 1 aromatic heterocycles. The molecule has 1 N–H and O–H groups in total. The van der Waals surface area contributed by atoms with Crippen molar-refractivity contribution in [2.24, 2.45) is 11.3 Å². The number of ether oxygens (including phenoxy) is 1. The molecular weight excluding hydrogens is 248 g/mol. The standard InChI is InChI=1S/C14H18O5/c1-18-13(17)14(12(15)16,10-5-2-3-6-10)9-11-7-4-8-19-11/h4,7-8,10H,2-3,5-6,9H2,1H3,(H,15,16). The highest BCUT2D eigenvalue weighted by Crippen LogP contribution is 2.43. The number of methoxy groups -OCH3 is 1. The molecule has 104 valence electrons. The van der Waals surface area contributed by atoms with E-state index < -0.39 is 17.4 Å². The minimum absolute atomic E-state index is 0.0483. The second-order valence-corrected chi connectivity index (χ2v) is 5.01. The Kier molecular flexibility index (Phi) is 3.93. The number of hydrogen-bond acceptors (Lipinski definition) is 4. The summed E-state index contributed by atoms with van der Waals surface area (Å²) in [5, 5.41) is 9.64. The van der Waals surface area contributed by atoms with Crippen molar-refractivity contribution < 1.29 is 23.8 Å². The third kappa shape index (κ3) is 2.37. The summed E-state index contributed by atoms with van der Waals surface area (Å²) in [4.78, 5) is 23.9. The molecule has 0 saturated heterocycles. The molecule has 0 amide bonds. The van der Waals surface area contributed by atoms with Crippen molar-refractivity contribution in [3.8, 4) is 0 Å². The molecular formula is C14H18O5. The van der Waals surface area contributed by atoms with Crippen LogP contribution in [0.5, 0.6) is 0 Å². The molecule has 5 heteroatoms. The minimum atomic E-state index is -1.52. The van der Waals surface area contributed by atoms with Gasteiger partial charge in [0.05, 0.1) is 13.4 Å². The van der Waals surface area contributed by atoms with Crippen molar-refractivity contribution in [2.75, 3.05) is 7.11 Å². The Morgan fingerprint density at radius 3 is 2.63 bits per heavy atom. The zero-order valence-electron chi connectivity index (χ0n) is 10.9. The van der Waals surface area contributed by atoms with Crippen molar-refractivity contribution in [2.45, 2.75) is 32.1 Å². The molecule has 1 aliphatic rings. The van der Waals surface area contributed by atoms with Gasteiger partial charge in [-0.05, 0) is 30.9 Å². The second-order valence-electron chi connectivity index (χ2n) is 5.01. The van der Waals surface area contributed by atoms with E-state index in [-0.39, 0.29) is 12.3 Å². The van der Waals surface area contributed by atoms with Crippen molar-refractivity contribution >= 4 is 11.9 Å². The molecule has 2 rings (SSSR count). The Labute approximate surface area is 111 Å². The van der Waals surface area contributed by atoms with Crippen molar-refractivity contribution in [3.05, 3.63) is 24.2 Å². The molecule has 1 aromatic rings. The average Bonchev–Trinajstić information content (AvgIpc) is 3.07. The Morgan fingerprint density at radius 1 is 1.47 bits per heavy atom. The first-order valence-electron chi connectivity index (χ1n) is 6.45. The lowest BCUT2D eigenvalue weighted by Crippen LogP contribution is -2.47. The summed E-state index contributed by atoms with van der Waals surface area (Å²) in [6.45, 7) is 0. The van der Waals surface area contributed by atoms with Crippen LogP contribution in [0.25, 0.3) is 0 Å². The van der Waals surface area contributed by atoms with Crippen LogP contribution in [0.4, 0.5) is 0 Å². The third-order valence-corrected chi connectivity index (χ3v) is 4.02. The number of carboxylic acid groups (broad SMARTS) is 1. The third-order valence-electron chi connectivity index (χ3n) is 4.02. The molecule has 1 heterocycles. The van der Waals surface area contributed by atoms with E-state index in [1.165, 1.54) is 13.4 Å². The molecule has 0 radical (unpaired) electrons. The molecule has 1 atom stereocenters. The molecule has 1 fully saturated rings. The number of carboxylic acids is 1. The summed E-state index contributed by atoms with van der Waals surface area (Å²) < 4.78 is 10.00. The molecule has 0 aromatic carbocycles. The number of rotatable bonds is 5. The van der Waals surface area contributed by atoms with Gasteiger partial charge in [0.25, 0.3) is 0 Å². The van der Waals surface area contributed by atoms with Gasteiger partial charge in [-0.15, -0.1) is 0 Å². The largest absolute Gasteiger partial charge is 0.480 e. The molecule has 5 nitrogen and oxygen atoms in total. The number of furan rings is 1. The molecule has 1 aliphatic carbocycles. The lowest BCUT2D eigenvalue weighted by atomic mass is 9.71. The quantitative estimate of drug-likeness (QED) is 0.653. The van der Waals surface area contributed by atoms with Gasteiger partial charge in [0.2, 0.25) is 0 Å². The lowest BCUT2D eigenvalue weighted by Gasteiger charge is -2.31. The van der Waals surface area contributed by atoms with E-state index in [9.17, 15) is 14.7 Å². The fourth-order valence-electron chi connectivity index (χ4n) is 3.01. The van der Waals surface area contributed by atoms with Gasteiger partial charge in [0.1, 0.15) is 5.76 Å². The van der Waals surface area contributed by atoms with Crippen LogP contribution in [-0.2, 0) is 20.7 Å². The van der Waals surface area contributed by atoms with Crippen molar-refractivity contribution in [1.29, 1.82) is 0 Å². The van der Waals surface area contributed by atoms with Gasteiger partial charge in [-0.25, -0.2) is 0 Å². The fraction of sp³-hybridized carbons (Fsp3) is 0.571. The van der Waals surface area contributed by atoms with E-state index in [4.69, 9.17) is 9.15 Å². The van der Waals surface area contributed by atoms with E-state index in [0.717, 1.165) is 25.7 Å². The van der Waals surface area contributed by atoms with Gasteiger partial charge in [0.15, 0.2) is 5.41 Å². The monoisotopic (exact) mass is 266 g/mol. The van der Waals surface area contributed by atoms with E-state index in [1.54, 1.807) is 12.1 Å². The number of aliphatic carboxylic acids is 1. The van der Waals surface area contributed by atoms with Crippen LogP contribution >= 0.6 is 0 Å². The maximum Gasteiger partial charge on any atom is 0.323 e. The topological polar surface area (TPSA) is 76.7 Å². The van der Waals surface area contributed by atoms with Gasteiger partial charge in [-0.2, -0.15) is 0 Å². The number of carbonyl (C=O) groups is 2. The van der Waals surface area contributed by atoms with Crippen LogP contribution in [0.1, 0.15) is 31.4 Å². The van der Waals surface area contributed by atoms with Crippen LogP contribution in [-0.4, -0.2) is 24.2 Å². The van der Waals surface area contributed by atoms with Gasteiger partial charge in [0, 0.05) is 6.42 Å². The number of carbonyl (C=O) groups excluding carboxylic acids is 1. The Bertz CT molecular complexity index is 444. The van der Waals surface area contributed by atoms with Crippen LogP contribution in [0.15, 0.2) is 22.8 Å². The van der Waals surface area contributed by atoms with Crippen LogP contribution < -0.4 is 0 Å². The summed E-state index contributed by atoms with van der Waals surface area (Å²) in [6.07, 6.45) is 4.91. The lowest BCUT2D eigenvalue weighted by molar-refractivity contribution is -0.172. The summed E-state index contributed by atoms with van der Waals surface area (Å²) in [5.41, 5.74) is -1.52. The Morgan fingerprint density at radius 2 is 2.16 bits per heavy atom. The molecule has 1 saturated carbocycles. The maximum absolute atomic E-state index is 12.1. The van der Waals surface area contributed by atoms with Gasteiger partial charge in [-0.1, -0.05) is 12.8 Å². The van der Waals surface area contributed by atoms with Gasteiger partial charge in [-0.3, -0.25) is 9.59 Å². The summed E-state index contributed by atoms with van der Waals surface area (Å²) >= 11 is 0. The maximum atomic E-state index is 12.1. The predicted octanol–water partition coefficient (Wildman–Crippen LogP) is 2.26. The summed E-state index contributed by atoms with van der Waals surface area (Å²) in [6, 6.07) is 3.38. The molecule has 0 aliphatic heterocycles. The number of esters is 1. The molecule has 1 unspecified atom stereocenters. The molecule has 19 heavy (non-hydrogen) atoms. The van der Waals surface area contributed by atoms with Gasteiger partial charge < -0.3 is 14.3 Å². The van der Waals surface area contributed by atoms with Crippen LogP contribution in [0.3, 0.4) is 0 Å². The normalized spacial score (nSPS) is 19.0. The highest BCUT2D eigenvalue weighted by atomic mass is 16.5. The summed E-state index contributed by atoms with van der Waals surface area (Å²) in [7, 11) is 1.23. The first-order chi connectivity index (χ1) is 9.11. The smallest absolute Gasteiger partial charge is 0.323 e. The SMILES string of the molecule is COC(=O)C(Cc1ccco1)(C(=O)O)C1CCCC1. The zero-order valence-corrected chi connectivity index (χ0v) is 10.9. The molecule has 0 bridgehead atoms. The highest BCUT2D eigenvalue weighted by Gasteiger charge is 2.54. The average molecular weight is 266 g/mol. The zero-order chi connectivity index (χ0) is 13.9. The van der Waals surface area contributed by atoms with Crippen LogP contribution in [0.2, 0.25) is 0 Å². The summed E-state index contributed by atoms with van der Waals surface area (Å²) in [5.74, 6) is -1.49. The minimum Gasteiger partial charge on any atom is -0.480 e. The Balaban J connectivity index is 2.38. The second kappa shape index (κ2) is 5.47. The van der Waals surface area contributed by atoms with Crippen LogP contribution in [0, 0.1) is 11.3 Å². The Hall–Kier alpha value is -1.78. The highest BCUT2D eigenvalue weighted by molar-refractivity contribution is 5.99. The van der Waals surface area contributed by atoms with Crippen molar-refractivity contribution in [1.82, 2.24) is 0 Å². The fourth-order valence-corrected chi connectivity index (χ4v) is 3.01. The van der Waals surface area contributed by atoms with Gasteiger partial charge >= 0.3 is 11.9 Å². The van der Waals surface area contributed by atoms with E-state index >= 15 is 0 Å². The van der Waals surface area contributed by atoms with Crippen molar-refractivity contribution in [3.63, 3.8) is 0 Å². The molecule has 0 spiro atoms. The predicted molar refractivity (Wildman–Crippen MR) is 66.5 cm³/mol. The first kappa shape index (κ1) is 13.6. The van der Waals surface area contributed by atoms with E-state index in [1.807, 2.05) is 0 Å². The van der Waals surface area contributed by atoms with E-state index in [2.05, 4.69) is 0 Å². The number of hydrogen-bond donors (Lipinski definition) is 1.